The minimum absolute atomic E-state index is 0.00357. The Balaban J connectivity index is 1.29. The van der Waals surface area contributed by atoms with E-state index in [0.717, 1.165) is 35.7 Å². The first-order chi connectivity index (χ1) is 22.9. The highest BCUT2D eigenvalue weighted by Crippen LogP contribution is 2.41. The number of alkyl carbamates (subject to hydrolysis) is 1. The number of piperidine rings is 1. The first-order valence-electron chi connectivity index (χ1n) is 16.6. The van der Waals surface area contributed by atoms with Gasteiger partial charge in [0.1, 0.15) is 29.8 Å². The van der Waals surface area contributed by atoms with Crippen molar-refractivity contribution < 1.29 is 28.2 Å². The molecule has 246 valence electrons. The van der Waals surface area contributed by atoms with Crippen LogP contribution in [0.3, 0.4) is 0 Å². The molecule has 0 spiro atoms. The number of anilines is 1. The lowest BCUT2D eigenvalue weighted by Crippen LogP contribution is -2.61. The van der Waals surface area contributed by atoms with Crippen molar-refractivity contribution in [3.8, 4) is 17.3 Å². The molecule has 4 aromatic rings. The van der Waals surface area contributed by atoms with Gasteiger partial charge in [0, 0.05) is 37.8 Å². The Labute approximate surface area is 271 Å². The molecule has 3 atom stereocenters. The Bertz CT molecular complexity index is 1860. The van der Waals surface area contributed by atoms with E-state index in [1.165, 1.54) is 0 Å². The van der Waals surface area contributed by atoms with Crippen molar-refractivity contribution in [2.75, 3.05) is 50.9 Å². The standard InChI is InChI=1S/C35H38F2N6O4/c36-24-16-35(12-5-14-43(35)18-24)21-47-32-39-30-26-17-38-29(28(30)37)25-10-2-8-22-6-1-7-23(27(22)25)9-3-15-46-33(45)41-34(20-44)11-4-13-42(19-34)31(26)40-32/h1-2,6-8,10,17,24,44H,3-5,9,11-16,18-21H2,(H,41,45)/t24-,34-,35+/m1/s1. The van der Waals surface area contributed by atoms with Gasteiger partial charge in [0.2, 0.25) is 0 Å². The van der Waals surface area contributed by atoms with E-state index in [0.29, 0.717) is 62.0 Å². The zero-order valence-corrected chi connectivity index (χ0v) is 26.2. The van der Waals surface area contributed by atoms with Gasteiger partial charge in [0.05, 0.1) is 29.7 Å². The summed E-state index contributed by atoms with van der Waals surface area (Å²) in [5, 5.41) is 15.7. The number of amides is 1. The Kier molecular flexibility index (Phi) is 7.59. The predicted octanol–water partition coefficient (Wildman–Crippen LogP) is 4.94. The van der Waals surface area contributed by atoms with Crippen molar-refractivity contribution in [2.45, 2.75) is 62.2 Å². The fraction of sp³-hybridized carbons (Fsp3) is 0.486. The Morgan fingerprint density at radius 1 is 1.11 bits per heavy atom. The molecule has 5 aliphatic rings. The average Bonchev–Trinajstić information content (AvgIpc) is 3.61. The number of rotatable bonds is 4. The number of aliphatic hydroxyl groups excluding tert-OH is 1. The van der Waals surface area contributed by atoms with E-state index >= 15 is 4.39 Å². The number of halogens is 2. The van der Waals surface area contributed by atoms with Crippen LogP contribution in [0, 0.1) is 5.82 Å². The number of hydrogen-bond donors (Lipinski definition) is 2. The van der Waals surface area contributed by atoms with Crippen molar-refractivity contribution in [1.82, 2.24) is 25.2 Å². The van der Waals surface area contributed by atoms with Crippen molar-refractivity contribution in [3.63, 3.8) is 0 Å². The molecule has 2 aromatic heterocycles. The number of hydrogen-bond acceptors (Lipinski definition) is 9. The molecule has 2 aromatic carbocycles. The van der Waals surface area contributed by atoms with Gasteiger partial charge in [0.15, 0.2) is 5.82 Å². The highest BCUT2D eigenvalue weighted by molar-refractivity contribution is 6.00. The number of nitrogens with one attached hydrogen (secondary N) is 1. The summed E-state index contributed by atoms with van der Waals surface area (Å²) in [6.07, 6.45) is 4.55. The van der Waals surface area contributed by atoms with Gasteiger partial charge >= 0.3 is 12.1 Å². The summed E-state index contributed by atoms with van der Waals surface area (Å²) < 4.78 is 43.3. The molecule has 1 amide bonds. The normalized spacial score (nSPS) is 26.4. The number of aliphatic hydroxyl groups is 1. The van der Waals surface area contributed by atoms with Gasteiger partial charge in [-0.1, -0.05) is 36.4 Å². The van der Waals surface area contributed by atoms with Gasteiger partial charge in [0.25, 0.3) is 0 Å². The van der Waals surface area contributed by atoms with Crippen LogP contribution in [0.5, 0.6) is 6.01 Å². The smallest absolute Gasteiger partial charge is 0.407 e. The zero-order chi connectivity index (χ0) is 32.2. The lowest BCUT2D eigenvalue weighted by Gasteiger charge is -2.42. The summed E-state index contributed by atoms with van der Waals surface area (Å²) in [4.78, 5) is 31.2. The van der Waals surface area contributed by atoms with Crippen molar-refractivity contribution in [1.29, 1.82) is 0 Å². The summed E-state index contributed by atoms with van der Waals surface area (Å²) in [6, 6.07) is 11.7. The van der Waals surface area contributed by atoms with Gasteiger partial charge in [-0.3, -0.25) is 9.88 Å². The largest absolute Gasteiger partial charge is 0.461 e. The molecular weight excluding hydrogens is 606 g/mol. The number of ether oxygens (including phenoxy) is 2. The quantitative estimate of drug-likeness (QED) is 0.319. The van der Waals surface area contributed by atoms with Crippen LogP contribution < -0.4 is 15.0 Å². The number of aryl methyl sites for hydroxylation is 1. The summed E-state index contributed by atoms with van der Waals surface area (Å²) >= 11 is 0. The Morgan fingerprint density at radius 3 is 2.83 bits per heavy atom. The summed E-state index contributed by atoms with van der Waals surface area (Å²) in [5.41, 5.74) is 0.421. The molecule has 7 heterocycles. The third-order valence-corrected chi connectivity index (χ3v) is 10.5. The van der Waals surface area contributed by atoms with Gasteiger partial charge in [-0.25, -0.2) is 13.6 Å². The summed E-state index contributed by atoms with van der Waals surface area (Å²) in [7, 11) is 0. The van der Waals surface area contributed by atoms with Crippen molar-refractivity contribution >= 4 is 33.6 Å². The Morgan fingerprint density at radius 2 is 1.96 bits per heavy atom. The molecular formula is C35H38F2N6O4. The second-order valence-corrected chi connectivity index (χ2v) is 13.5. The number of pyridine rings is 1. The molecule has 6 bridgehead atoms. The Hall–Kier alpha value is -4.16. The molecule has 47 heavy (non-hydrogen) atoms. The van der Waals surface area contributed by atoms with E-state index in [9.17, 15) is 14.3 Å². The molecule has 0 saturated carbocycles. The molecule has 0 radical (unpaired) electrons. The van der Waals surface area contributed by atoms with Gasteiger partial charge in [-0.05, 0) is 61.4 Å². The van der Waals surface area contributed by atoms with Crippen LogP contribution in [0.4, 0.5) is 19.4 Å². The maximum atomic E-state index is 16.9. The van der Waals surface area contributed by atoms with E-state index in [4.69, 9.17) is 14.5 Å². The van der Waals surface area contributed by atoms with Crippen LogP contribution >= 0.6 is 0 Å². The fourth-order valence-electron chi connectivity index (χ4n) is 8.25. The molecule has 0 aliphatic carbocycles. The number of benzene rings is 2. The van der Waals surface area contributed by atoms with Crippen LogP contribution in [0.2, 0.25) is 0 Å². The topological polar surface area (TPSA) is 113 Å². The number of carbonyl (C=O) groups is 1. The molecule has 2 N–H and O–H groups in total. The highest BCUT2D eigenvalue weighted by atomic mass is 19.1. The van der Waals surface area contributed by atoms with Crippen molar-refractivity contribution in [2.24, 2.45) is 0 Å². The molecule has 5 aliphatic heterocycles. The van der Waals surface area contributed by atoms with E-state index in [-0.39, 0.29) is 43.6 Å². The van der Waals surface area contributed by atoms with Crippen molar-refractivity contribution in [3.05, 3.63) is 54.0 Å². The molecule has 0 unspecified atom stereocenters. The lowest BCUT2D eigenvalue weighted by atomic mass is 9.89. The van der Waals surface area contributed by atoms with Gasteiger partial charge in [-0.15, -0.1) is 0 Å². The minimum atomic E-state index is -1.00. The average molecular weight is 645 g/mol. The van der Waals surface area contributed by atoms with Crippen LogP contribution in [-0.4, -0.2) is 94.3 Å². The molecule has 3 fully saturated rings. The summed E-state index contributed by atoms with van der Waals surface area (Å²) in [5.74, 6) is -0.191. The van der Waals surface area contributed by atoms with E-state index in [2.05, 4.69) is 20.2 Å². The fourth-order valence-corrected chi connectivity index (χ4v) is 8.25. The second kappa shape index (κ2) is 11.8. The monoisotopic (exact) mass is 644 g/mol. The zero-order valence-electron chi connectivity index (χ0n) is 26.2. The predicted molar refractivity (Wildman–Crippen MR) is 173 cm³/mol. The second-order valence-electron chi connectivity index (χ2n) is 13.5. The third kappa shape index (κ3) is 5.31. The number of aromatic nitrogens is 3. The number of alkyl halides is 1. The van der Waals surface area contributed by atoms with E-state index < -0.39 is 29.2 Å². The third-order valence-electron chi connectivity index (χ3n) is 10.5. The van der Waals surface area contributed by atoms with Gasteiger partial charge < -0.3 is 24.8 Å². The first kappa shape index (κ1) is 30.2. The molecule has 9 rings (SSSR count). The van der Waals surface area contributed by atoms with Crippen LogP contribution in [0.15, 0.2) is 42.6 Å². The lowest BCUT2D eigenvalue weighted by molar-refractivity contribution is 0.102. The van der Waals surface area contributed by atoms with E-state index in [1.807, 2.05) is 41.3 Å². The van der Waals surface area contributed by atoms with Crippen LogP contribution in [0.25, 0.3) is 32.9 Å². The van der Waals surface area contributed by atoms with Crippen LogP contribution in [0.1, 0.15) is 44.1 Å². The number of nitrogens with zero attached hydrogens (tertiary/aromatic N) is 5. The SMILES string of the molecule is O=C1N[C@]2(CO)CCCN(C2)c2nc(OC[C@@]34CCCN3C[C@H](F)C4)nc3c(F)c(ncc23)-c2cccc3cccc(c23)CCCO1. The molecule has 3 saturated heterocycles. The molecule has 12 heteroatoms. The van der Waals surface area contributed by atoms with Gasteiger partial charge in [-0.2, -0.15) is 9.97 Å². The first-order valence-corrected chi connectivity index (χ1v) is 16.6. The number of carbonyl (C=O) groups excluding carboxylic acids is 1. The number of fused-ring (bicyclic) bond motifs is 7. The minimum Gasteiger partial charge on any atom is -0.461 e. The maximum absolute atomic E-state index is 16.9. The highest BCUT2D eigenvalue weighted by Gasteiger charge is 2.49. The molecule has 10 nitrogen and oxygen atoms in total. The van der Waals surface area contributed by atoms with Crippen LogP contribution in [-0.2, 0) is 11.2 Å². The summed E-state index contributed by atoms with van der Waals surface area (Å²) in [6.45, 7) is 2.01. The van der Waals surface area contributed by atoms with E-state index in [1.54, 1.807) is 6.20 Å². The maximum Gasteiger partial charge on any atom is 0.407 e.